The molecule has 2 heterocycles. The van der Waals surface area contributed by atoms with E-state index in [0.717, 1.165) is 24.3 Å². The van der Waals surface area contributed by atoms with Crippen molar-refractivity contribution in [3.63, 3.8) is 0 Å². The second-order valence-electron chi connectivity index (χ2n) is 16.5. The van der Waals surface area contributed by atoms with Crippen LogP contribution in [-0.4, -0.2) is 9.13 Å². The zero-order chi connectivity index (χ0) is 48.9. The Kier molecular flexibility index (Phi) is 10.3. The van der Waals surface area contributed by atoms with Crippen LogP contribution in [0.1, 0.15) is 33.4 Å². The molecule has 2 aromatic heterocycles. The van der Waals surface area contributed by atoms with Crippen LogP contribution in [0.4, 0.5) is 52.7 Å². The van der Waals surface area contributed by atoms with Gasteiger partial charge in [0.2, 0.25) is 0 Å². The van der Waals surface area contributed by atoms with Crippen LogP contribution in [0.15, 0.2) is 158 Å². The Hall–Kier alpha value is -7.99. The zero-order valence-electron chi connectivity index (χ0n) is 35.4. The van der Waals surface area contributed by atoms with E-state index in [-0.39, 0.29) is 45.2 Å². The fourth-order valence-electron chi connectivity index (χ4n) is 9.38. The maximum absolute atomic E-state index is 15.2. The third-order valence-corrected chi connectivity index (χ3v) is 12.4. The molecule has 15 heteroatoms. The van der Waals surface area contributed by atoms with E-state index >= 15 is 13.2 Å². The molecular weight excluding hydrogens is 919 g/mol. The standard InChI is InChI=1S/C54H29F12N3/c1-29-22-33(51(55,56)57)16-20-35(29)30-14-18-41-39-10-4-7-13-46(39)69(49(41)23-30)50-25-32(28-67)47(27-42(50)37-8-2-5-11-43(37)53(61,62)63)68-45-12-6-3-9-38(45)40-19-15-31(24-48(40)68)36-21-17-34(52(58,59)60)26-44(36)54(64,65)66/h2-27H,1H3. The Labute approximate surface area is 383 Å². The quantitative estimate of drug-likeness (QED) is 0.158. The van der Waals surface area contributed by atoms with Gasteiger partial charge in [0.25, 0.3) is 0 Å². The Morgan fingerprint density at radius 1 is 0.377 bits per heavy atom. The topological polar surface area (TPSA) is 33.6 Å². The van der Waals surface area contributed by atoms with Crippen LogP contribution in [-0.2, 0) is 24.7 Å². The van der Waals surface area contributed by atoms with Gasteiger partial charge in [0.1, 0.15) is 6.07 Å². The van der Waals surface area contributed by atoms with Gasteiger partial charge in [-0.3, -0.25) is 0 Å². The Morgan fingerprint density at radius 2 is 0.855 bits per heavy atom. The number of rotatable bonds is 5. The average Bonchev–Trinajstić information content (AvgIpc) is 3.81. The lowest BCUT2D eigenvalue weighted by molar-refractivity contribution is -0.143. The summed E-state index contributed by atoms with van der Waals surface area (Å²) in [5.41, 5.74) is -3.09. The highest BCUT2D eigenvalue weighted by molar-refractivity contribution is 6.12. The maximum Gasteiger partial charge on any atom is 0.417 e. The molecule has 0 aliphatic heterocycles. The van der Waals surface area contributed by atoms with Gasteiger partial charge in [-0.25, -0.2) is 0 Å². The van der Waals surface area contributed by atoms with E-state index in [4.69, 9.17) is 0 Å². The summed E-state index contributed by atoms with van der Waals surface area (Å²) in [4.78, 5) is 0. The largest absolute Gasteiger partial charge is 0.417 e. The van der Waals surface area contributed by atoms with Crippen molar-refractivity contribution in [2.24, 2.45) is 0 Å². The van der Waals surface area contributed by atoms with Gasteiger partial charge in [-0.2, -0.15) is 57.9 Å². The molecule has 0 bridgehead atoms. The minimum atomic E-state index is -5.22. The fourth-order valence-corrected chi connectivity index (χ4v) is 9.38. The predicted molar refractivity (Wildman–Crippen MR) is 241 cm³/mol. The summed E-state index contributed by atoms with van der Waals surface area (Å²) in [6, 6.07) is 37.6. The van der Waals surface area contributed by atoms with E-state index in [0.29, 0.717) is 60.9 Å². The van der Waals surface area contributed by atoms with E-state index in [2.05, 4.69) is 6.07 Å². The molecule has 0 saturated heterocycles. The summed E-state index contributed by atoms with van der Waals surface area (Å²) in [5.74, 6) is 0. The van der Waals surface area contributed by atoms with Crippen LogP contribution in [0.3, 0.4) is 0 Å². The van der Waals surface area contributed by atoms with Crippen molar-refractivity contribution in [1.29, 1.82) is 5.26 Å². The number of benzene rings is 8. The van der Waals surface area contributed by atoms with Gasteiger partial charge in [0.15, 0.2) is 0 Å². The van der Waals surface area contributed by atoms with Crippen molar-refractivity contribution in [1.82, 2.24) is 9.13 Å². The first kappa shape index (κ1) is 44.8. The number of para-hydroxylation sites is 2. The SMILES string of the molecule is Cc1cc(C(F)(F)F)ccc1-c1ccc2c3ccccc3n(-c3cc(C#N)c(-n4c5ccccc5c5ccc(-c6ccc(C(F)(F)F)cc6C(F)(F)F)cc54)cc3-c3ccccc3C(F)(F)F)c2c1. The van der Waals surface area contributed by atoms with E-state index < -0.39 is 52.5 Å². The molecule has 0 aliphatic carbocycles. The normalized spacial score (nSPS) is 12.7. The number of aryl methyl sites for hydroxylation is 1. The Bertz CT molecular complexity index is 3760. The molecule has 0 spiro atoms. The highest BCUT2D eigenvalue weighted by Gasteiger charge is 2.39. The van der Waals surface area contributed by atoms with E-state index in [9.17, 15) is 44.8 Å². The van der Waals surface area contributed by atoms with E-state index in [1.165, 1.54) is 66.1 Å². The second kappa shape index (κ2) is 15.8. The minimum absolute atomic E-state index is 0.0279. The highest BCUT2D eigenvalue weighted by atomic mass is 19.4. The molecule has 8 aromatic carbocycles. The summed E-state index contributed by atoms with van der Waals surface area (Å²) in [6.07, 6.45) is -19.8. The third kappa shape index (κ3) is 7.60. The van der Waals surface area contributed by atoms with Gasteiger partial charge in [0.05, 0.1) is 61.3 Å². The van der Waals surface area contributed by atoms with Gasteiger partial charge < -0.3 is 9.13 Å². The molecule has 10 rings (SSSR count). The smallest absolute Gasteiger partial charge is 0.309 e. The summed E-state index contributed by atoms with van der Waals surface area (Å²) in [6.45, 7) is 1.53. The molecule has 0 saturated carbocycles. The number of fused-ring (bicyclic) bond motifs is 6. The molecule has 0 atom stereocenters. The van der Waals surface area contributed by atoms with Crippen LogP contribution >= 0.6 is 0 Å². The number of nitrogens with zero attached hydrogens (tertiary/aromatic N) is 3. The van der Waals surface area contributed by atoms with Gasteiger partial charge in [-0.15, -0.1) is 0 Å². The molecule has 344 valence electrons. The first-order chi connectivity index (χ1) is 32.6. The molecule has 10 aromatic rings. The van der Waals surface area contributed by atoms with Crippen molar-refractivity contribution in [2.45, 2.75) is 31.6 Å². The number of hydrogen-bond donors (Lipinski definition) is 0. The Balaban J connectivity index is 1.29. The third-order valence-electron chi connectivity index (χ3n) is 12.4. The number of halogens is 12. The van der Waals surface area contributed by atoms with Crippen molar-refractivity contribution < 1.29 is 52.7 Å². The fraction of sp³-hybridized carbons (Fsp3) is 0.0926. The van der Waals surface area contributed by atoms with Crippen molar-refractivity contribution in [3.05, 3.63) is 191 Å². The van der Waals surface area contributed by atoms with Gasteiger partial charge in [-0.1, -0.05) is 91.0 Å². The zero-order valence-corrected chi connectivity index (χ0v) is 35.4. The summed E-state index contributed by atoms with van der Waals surface area (Å²) >= 11 is 0. The first-order valence-electron chi connectivity index (χ1n) is 20.9. The predicted octanol–water partition coefficient (Wildman–Crippen LogP) is 17.1. The molecule has 0 N–H and O–H groups in total. The van der Waals surface area contributed by atoms with Crippen LogP contribution in [0.5, 0.6) is 0 Å². The number of nitriles is 1. The monoisotopic (exact) mass is 947 g/mol. The number of alkyl halides is 12. The lowest BCUT2D eigenvalue weighted by atomic mass is 9.94. The minimum Gasteiger partial charge on any atom is -0.309 e. The highest BCUT2D eigenvalue weighted by Crippen LogP contribution is 2.47. The van der Waals surface area contributed by atoms with Crippen molar-refractivity contribution in [3.8, 4) is 50.8 Å². The maximum atomic E-state index is 15.2. The van der Waals surface area contributed by atoms with Crippen LogP contribution < -0.4 is 0 Å². The van der Waals surface area contributed by atoms with Crippen LogP contribution in [0.2, 0.25) is 0 Å². The first-order valence-corrected chi connectivity index (χ1v) is 20.9. The lowest BCUT2D eigenvalue weighted by Gasteiger charge is -2.21. The molecule has 0 unspecified atom stereocenters. The summed E-state index contributed by atoms with van der Waals surface area (Å²) in [7, 11) is 0. The van der Waals surface area contributed by atoms with Crippen molar-refractivity contribution in [2.75, 3.05) is 0 Å². The molecule has 69 heavy (non-hydrogen) atoms. The summed E-state index contributed by atoms with van der Waals surface area (Å²) in [5, 5.41) is 13.4. The molecule has 0 radical (unpaired) electrons. The van der Waals surface area contributed by atoms with E-state index in [1.54, 1.807) is 71.3 Å². The van der Waals surface area contributed by atoms with Crippen LogP contribution in [0, 0.1) is 18.3 Å². The van der Waals surface area contributed by atoms with Gasteiger partial charge in [0, 0.05) is 27.1 Å². The second-order valence-corrected chi connectivity index (χ2v) is 16.5. The van der Waals surface area contributed by atoms with Gasteiger partial charge in [-0.05, 0) is 107 Å². The molecule has 3 nitrogen and oxygen atoms in total. The van der Waals surface area contributed by atoms with Crippen molar-refractivity contribution >= 4 is 43.6 Å². The Morgan fingerprint density at radius 3 is 1.39 bits per heavy atom. The molecule has 0 fully saturated rings. The molecular formula is C54H29F12N3. The number of aromatic nitrogens is 2. The lowest BCUT2D eigenvalue weighted by Crippen LogP contribution is -2.12. The number of hydrogen-bond acceptors (Lipinski definition) is 1. The average molecular weight is 948 g/mol. The molecule has 0 amide bonds. The van der Waals surface area contributed by atoms with E-state index in [1.807, 2.05) is 0 Å². The van der Waals surface area contributed by atoms with Gasteiger partial charge >= 0.3 is 24.7 Å². The summed E-state index contributed by atoms with van der Waals surface area (Å²) < 4.78 is 175. The molecule has 0 aliphatic rings. The van der Waals surface area contributed by atoms with Crippen LogP contribution in [0.25, 0.3) is 88.4 Å².